The van der Waals surface area contributed by atoms with Gasteiger partial charge in [0.15, 0.2) is 5.13 Å². The highest BCUT2D eigenvalue weighted by Gasteiger charge is 2.26. The fourth-order valence-electron chi connectivity index (χ4n) is 2.88. The van der Waals surface area contributed by atoms with Gasteiger partial charge in [-0.2, -0.15) is 0 Å². The molecule has 0 unspecified atom stereocenters. The summed E-state index contributed by atoms with van der Waals surface area (Å²) >= 11 is 1.34. The monoisotopic (exact) mass is 425 g/mol. The smallest absolute Gasteiger partial charge is 0.266 e. The number of thiazole rings is 1. The first-order valence-electron chi connectivity index (χ1n) is 8.89. The summed E-state index contributed by atoms with van der Waals surface area (Å²) < 4.78 is 29.3. The minimum Gasteiger partial charge on any atom is -0.302 e. The second-order valence-electron chi connectivity index (χ2n) is 6.04. The Morgan fingerprint density at radius 1 is 1.00 bits per heavy atom. The van der Waals surface area contributed by atoms with Gasteiger partial charge in [-0.15, -0.1) is 12.4 Å². The second-order valence-corrected chi connectivity index (χ2v) is 7.05. The predicted octanol–water partition coefficient (Wildman–Crippen LogP) is 4.98. The summed E-state index contributed by atoms with van der Waals surface area (Å²) in [6, 6.07) is 11.0. The van der Waals surface area contributed by atoms with E-state index in [2.05, 4.69) is 9.88 Å². The molecule has 8 heteroatoms. The molecule has 0 N–H and O–H groups in total. The molecule has 3 rings (SSSR count). The van der Waals surface area contributed by atoms with Gasteiger partial charge in [-0.25, -0.2) is 13.8 Å². The van der Waals surface area contributed by atoms with Crippen LogP contribution in [0.5, 0.6) is 0 Å². The third-order valence-corrected chi connectivity index (χ3v) is 5.53. The Labute approximate surface area is 173 Å². The molecule has 0 saturated heterocycles. The van der Waals surface area contributed by atoms with Crippen LogP contribution in [0.25, 0.3) is 10.2 Å². The summed E-state index contributed by atoms with van der Waals surface area (Å²) in [5.41, 5.74) is 0.212. The van der Waals surface area contributed by atoms with Crippen LogP contribution in [0.2, 0.25) is 0 Å². The molecule has 1 amide bonds. The largest absolute Gasteiger partial charge is 0.302 e. The van der Waals surface area contributed by atoms with Gasteiger partial charge < -0.3 is 4.90 Å². The molecule has 0 aliphatic heterocycles. The lowest BCUT2D eigenvalue weighted by molar-refractivity contribution is 0.0975. The number of likely N-dealkylation sites (N-methyl/N-ethyl adjacent to an activating group) is 1. The first kappa shape index (κ1) is 22.2. The maximum absolute atomic E-state index is 14.2. The molecule has 2 aromatic carbocycles. The van der Waals surface area contributed by atoms with Crippen LogP contribution in [0.15, 0.2) is 42.5 Å². The standard InChI is InChI=1S/C20H21F2N3OS.ClH/c1-3-24(4-2)12-13-25(19(26)18-14(21)8-7-9-15(18)22)20-23-16-10-5-6-11-17(16)27-20;/h5-11H,3-4,12-13H2,1-2H3;1H. The van der Waals surface area contributed by atoms with Gasteiger partial charge in [0.2, 0.25) is 0 Å². The van der Waals surface area contributed by atoms with Crippen molar-refractivity contribution in [3.05, 3.63) is 59.7 Å². The molecule has 0 aliphatic rings. The molecule has 0 spiro atoms. The number of aromatic nitrogens is 1. The Morgan fingerprint density at radius 3 is 2.25 bits per heavy atom. The molecule has 1 heterocycles. The molecule has 0 radical (unpaired) electrons. The molecule has 0 aliphatic carbocycles. The van der Waals surface area contributed by atoms with Crippen molar-refractivity contribution in [2.24, 2.45) is 0 Å². The van der Waals surface area contributed by atoms with E-state index in [1.807, 2.05) is 38.1 Å². The van der Waals surface area contributed by atoms with Crippen LogP contribution in [0.3, 0.4) is 0 Å². The van der Waals surface area contributed by atoms with E-state index in [0.29, 0.717) is 18.2 Å². The van der Waals surface area contributed by atoms with E-state index in [4.69, 9.17) is 0 Å². The zero-order chi connectivity index (χ0) is 19.4. The Morgan fingerprint density at radius 2 is 1.64 bits per heavy atom. The molecule has 4 nitrogen and oxygen atoms in total. The summed E-state index contributed by atoms with van der Waals surface area (Å²) in [5, 5.41) is 0.441. The summed E-state index contributed by atoms with van der Waals surface area (Å²) in [6.45, 7) is 6.60. The maximum Gasteiger partial charge on any atom is 0.266 e. The minimum atomic E-state index is -0.867. The lowest BCUT2D eigenvalue weighted by Crippen LogP contribution is -2.39. The first-order valence-corrected chi connectivity index (χ1v) is 9.70. The number of fused-ring (bicyclic) bond motifs is 1. The number of anilines is 1. The Bertz CT molecular complexity index is 893. The van der Waals surface area contributed by atoms with Crippen LogP contribution in [-0.4, -0.2) is 42.0 Å². The highest BCUT2D eigenvalue weighted by Crippen LogP contribution is 2.30. The average Bonchev–Trinajstić information content (AvgIpc) is 3.08. The SMILES string of the molecule is CCN(CC)CCN(C(=O)c1c(F)cccc1F)c1nc2ccccc2s1.Cl. The lowest BCUT2D eigenvalue weighted by atomic mass is 10.1. The van der Waals surface area contributed by atoms with Gasteiger partial charge in [0.05, 0.1) is 10.2 Å². The van der Waals surface area contributed by atoms with Gasteiger partial charge in [0.25, 0.3) is 5.91 Å². The van der Waals surface area contributed by atoms with Crippen molar-refractivity contribution in [1.82, 2.24) is 9.88 Å². The van der Waals surface area contributed by atoms with Crippen molar-refractivity contribution in [2.45, 2.75) is 13.8 Å². The highest BCUT2D eigenvalue weighted by atomic mass is 35.5. The van der Waals surface area contributed by atoms with Crippen molar-refractivity contribution in [1.29, 1.82) is 0 Å². The number of hydrogen-bond donors (Lipinski definition) is 0. The lowest BCUT2D eigenvalue weighted by Gasteiger charge is -2.25. The van der Waals surface area contributed by atoms with Gasteiger partial charge in [-0.3, -0.25) is 9.69 Å². The second kappa shape index (κ2) is 9.91. The molecular formula is C20H22ClF2N3OS. The Kier molecular flexibility index (Phi) is 7.86. The number of benzene rings is 2. The van der Waals surface area contributed by atoms with E-state index in [0.717, 1.165) is 35.4 Å². The molecule has 0 saturated carbocycles. The van der Waals surface area contributed by atoms with E-state index in [9.17, 15) is 13.6 Å². The predicted molar refractivity (Wildman–Crippen MR) is 113 cm³/mol. The fraction of sp³-hybridized carbons (Fsp3) is 0.300. The van der Waals surface area contributed by atoms with E-state index in [1.165, 1.54) is 22.3 Å². The molecular weight excluding hydrogens is 404 g/mol. The summed E-state index contributed by atoms with van der Waals surface area (Å²) in [4.78, 5) is 21.1. The van der Waals surface area contributed by atoms with Gasteiger partial charge in [0, 0.05) is 13.1 Å². The van der Waals surface area contributed by atoms with E-state index in [-0.39, 0.29) is 12.4 Å². The van der Waals surface area contributed by atoms with Crippen molar-refractivity contribution < 1.29 is 13.6 Å². The van der Waals surface area contributed by atoms with E-state index in [1.54, 1.807) is 0 Å². The van der Waals surface area contributed by atoms with Crippen molar-refractivity contribution in [3.8, 4) is 0 Å². The van der Waals surface area contributed by atoms with Crippen LogP contribution in [0.4, 0.5) is 13.9 Å². The molecule has 1 aromatic heterocycles. The van der Waals surface area contributed by atoms with Crippen molar-refractivity contribution in [3.63, 3.8) is 0 Å². The average molecular weight is 426 g/mol. The first-order chi connectivity index (χ1) is 13.0. The molecule has 150 valence electrons. The van der Waals surface area contributed by atoms with Crippen molar-refractivity contribution >= 4 is 45.0 Å². The normalized spacial score (nSPS) is 10.9. The summed E-state index contributed by atoms with van der Waals surface area (Å²) in [6.07, 6.45) is 0. The number of halogens is 3. The molecule has 3 aromatic rings. The topological polar surface area (TPSA) is 36.4 Å². The third-order valence-electron chi connectivity index (χ3n) is 4.47. The number of rotatable bonds is 7. The zero-order valence-corrected chi connectivity index (χ0v) is 17.3. The number of para-hydroxylation sites is 1. The molecule has 0 fully saturated rings. The quantitative estimate of drug-likeness (QED) is 0.535. The van der Waals surface area contributed by atoms with Gasteiger partial charge in [0.1, 0.15) is 17.2 Å². The van der Waals surface area contributed by atoms with Crippen LogP contribution >= 0.6 is 23.7 Å². The van der Waals surface area contributed by atoms with Gasteiger partial charge >= 0.3 is 0 Å². The summed E-state index contributed by atoms with van der Waals surface area (Å²) in [5.74, 6) is -2.44. The number of nitrogens with zero attached hydrogens (tertiary/aromatic N) is 3. The Hall–Kier alpha value is -2.09. The van der Waals surface area contributed by atoms with E-state index < -0.39 is 23.1 Å². The number of carbonyl (C=O) groups excluding carboxylic acids is 1. The van der Waals surface area contributed by atoms with Crippen molar-refractivity contribution in [2.75, 3.05) is 31.1 Å². The number of hydrogen-bond acceptors (Lipinski definition) is 4. The molecule has 28 heavy (non-hydrogen) atoms. The third kappa shape index (κ3) is 4.66. The maximum atomic E-state index is 14.2. The molecule has 0 atom stereocenters. The Balaban J connectivity index is 0.00000280. The van der Waals surface area contributed by atoms with Gasteiger partial charge in [-0.05, 0) is 37.4 Å². The van der Waals surface area contributed by atoms with Crippen LogP contribution < -0.4 is 4.90 Å². The zero-order valence-electron chi connectivity index (χ0n) is 15.7. The summed E-state index contributed by atoms with van der Waals surface area (Å²) in [7, 11) is 0. The van der Waals surface area contributed by atoms with Crippen LogP contribution in [0, 0.1) is 11.6 Å². The number of carbonyl (C=O) groups is 1. The van der Waals surface area contributed by atoms with Crippen LogP contribution in [-0.2, 0) is 0 Å². The molecule has 0 bridgehead atoms. The van der Waals surface area contributed by atoms with E-state index >= 15 is 0 Å². The fourth-order valence-corrected chi connectivity index (χ4v) is 3.87. The van der Waals surface area contributed by atoms with Crippen LogP contribution in [0.1, 0.15) is 24.2 Å². The van der Waals surface area contributed by atoms with Gasteiger partial charge in [-0.1, -0.05) is 43.4 Å². The number of amides is 1. The minimum absolute atomic E-state index is 0. The highest BCUT2D eigenvalue weighted by molar-refractivity contribution is 7.22.